The summed E-state index contributed by atoms with van der Waals surface area (Å²) in [5.41, 5.74) is 6.80. The van der Waals surface area contributed by atoms with Crippen LogP contribution in [0.1, 0.15) is 31.0 Å². The van der Waals surface area contributed by atoms with Crippen molar-refractivity contribution in [2.45, 2.75) is 26.7 Å². The number of rotatable bonds is 2. The second kappa shape index (κ2) is 5.41. The molecule has 0 amide bonds. The summed E-state index contributed by atoms with van der Waals surface area (Å²) in [6.07, 6.45) is 10.5. The Balaban J connectivity index is 1.95. The summed E-state index contributed by atoms with van der Waals surface area (Å²) in [6, 6.07) is 8.27. The number of benzene rings is 1. The first-order chi connectivity index (χ1) is 9.75. The van der Waals surface area contributed by atoms with Gasteiger partial charge < -0.3 is 0 Å². The molecule has 3 rings (SSSR count). The van der Waals surface area contributed by atoms with E-state index in [0.29, 0.717) is 0 Å². The molecule has 0 saturated carbocycles. The molecule has 2 nitrogen and oxygen atoms in total. The van der Waals surface area contributed by atoms with Gasteiger partial charge in [-0.15, -0.1) is 0 Å². The summed E-state index contributed by atoms with van der Waals surface area (Å²) in [7, 11) is 0. The molecule has 0 atom stereocenters. The third-order valence-corrected chi connectivity index (χ3v) is 3.74. The molecule has 0 radical (unpaired) electrons. The van der Waals surface area contributed by atoms with Crippen molar-refractivity contribution < 1.29 is 0 Å². The van der Waals surface area contributed by atoms with E-state index in [4.69, 9.17) is 0 Å². The predicted octanol–water partition coefficient (Wildman–Crippen LogP) is 4.58. The Morgan fingerprint density at radius 1 is 0.850 bits per heavy atom. The zero-order valence-electron chi connectivity index (χ0n) is 11.9. The molecule has 0 N–H and O–H groups in total. The molecule has 1 aliphatic carbocycles. The third kappa shape index (κ3) is 2.42. The number of hydrogen-bond acceptors (Lipinski definition) is 2. The minimum atomic E-state index is 0.935. The monoisotopic (exact) mass is 262 g/mol. The minimum absolute atomic E-state index is 0.935. The predicted molar refractivity (Wildman–Crippen MR) is 83.2 cm³/mol. The first-order valence-corrected chi connectivity index (χ1v) is 7.01. The number of allylic oxidation sites excluding steroid dienone is 4. The maximum Gasteiger partial charge on any atom is 0.0888 e. The first-order valence-electron chi connectivity index (χ1n) is 7.01. The van der Waals surface area contributed by atoms with Gasteiger partial charge in [0.05, 0.1) is 23.8 Å². The molecular formula is C18H18N2. The highest BCUT2D eigenvalue weighted by molar-refractivity contribution is 5.77. The van der Waals surface area contributed by atoms with Gasteiger partial charge in [-0.25, -0.2) is 0 Å². The number of nitrogens with zero attached hydrogens (tertiary/aromatic N) is 2. The van der Waals surface area contributed by atoms with Crippen molar-refractivity contribution in [2.75, 3.05) is 0 Å². The van der Waals surface area contributed by atoms with Gasteiger partial charge in [-0.3, -0.25) is 9.97 Å². The van der Waals surface area contributed by atoms with Crippen LogP contribution in [0.15, 0.2) is 54.4 Å². The summed E-state index contributed by atoms with van der Waals surface area (Å²) in [6.45, 7) is 4.24. The zero-order valence-corrected chi connectivity index (χ0v) is 11.9. The van der Waals surface area contributed by atoms with Crippen molar-refractivity contribution in [2.24, 2.45) is 0 Å². The lowest BCUT2D eigenvalue weighted by Crippen LogP contribution is -1.97. The molecule has 0 unspecified atom stereocenters. The van der Waals surface area contributed by atoms with Gasteiger partial charge in [0.25, 0.3) is 0 Å². The molecule has 0 bridgehead atoms. The van der Waals surface area contributed by atoms with Crippen LogP contribution in [0.2, 0.25) is 0 Å². The Kier molecular flexibility index (Phi) is 3.46. The lowest BCUT2D eigenvalue weighted by atomic mass is 9.97. The van der Waals surface area contributed by atoms with Gasteiger partial charge in [0, 0.05) is 11.1 Å². The molecule has 2 heteroatoms. The Morgan fingerprint density at radius 2 is 1.55 bits per heavy atom. The van der Waals surface area contributed by atoms with Crippen molar-refractivity contribution in [3.05, 3.63) is 65.6 Å². The summed E-state index contributed by atoms with van der Waals surface area (Å²) in [5.74, 6) is 0. The van der Waals surface area contributed by atoms with E-state index in [1.165, 1.54) is 16.7 Å². The number of hydrogen-bond donors (Lipinski definition) is 0. The SMILES string of the molecule is CC1=CCCC=C1c1cnc(-c2ccccc2C)cn1. The molecular weight excluding hydrogens is 244 g/mol. The average molecular weight is 262 g/mol. The van der Waals surface area contributed by atoms with Gasteiger partial charge in [0.1, 0.15) is 0 Å². The lowest BCUT2D eigenvalue weighted by molar-refractivity contribution is 1.01. The van der Waals surface area contributed by atoms with Crippen LogP contribution >= 0.6 is 0 Å². The molecule has 1 aliphatic rings. The van der Waals surface area contributed by atoms with Crippen LogP contribution in [0.5, 0.6) is 0 Å². The average Bonchev–Trinajstić information content (AvgIpc) is 2.49. The Bertz CT molecular complexity index is 679. The van der Waals surface area contributed by atoms with E-state index in [1.807, 2.05) is 24.5 Å². The molecule has 100 valence electrons. The van der Waals surface area contributed by atoms with Crippen LogP contribution in [0, 0.1) is 6.92 Å². The fraction of sp³-hybridized carbons (Fsp3) is 0.222. The summed E-state index contributed by atoms with van der Waals surface area (Å²) in [5, 5.41) is 0. The van der Waals surface area contributed by atoms with Crippen LogP contribution in [0.25, 0.3) is 16.8 Å². The van der Waals surface area contributed by atoms with E-state index in [0.717, 1.165) is 29.8 Å². The van der Waals surface area contributed by atoms with E-state index in [-0.39, 0.29) is 0 Å². The van der Waals surface area contributed by atoms with Gasteiger partial charge in [0.2, 0.25) is 0 Å². The van der Waals surface area contributed by atoms with E-state index < -0.39 is 0 Å². The van der Waals surface area contributed by atoms with Gasteiger partial charge in [-0.1, -0.05) is 36.4 Å². The zero-order chi connectivity index (χ0) is 13.9. The second-order valence-corrected chi connectivity index (χ2v) is 5.18. The molecule has 0 fully saturated rings. The molecule has 0 spiro atoms. The van der Waals surface area contributed by atoms with Crippen LogP contribution in [0.4, 0.5) is 0 Å². The van der Waals surface area contributed by atoms with Gasteiger partial charge in [0.15, 0.2) is 0 Å². The highest BCUT2D eigenvalue weighted by Gasteiger charge is 2.10. The number of aromatic nitrogens is 2. The van der Waals surface area contributed by atoms with Gasteiger partial charge >= 0.3 is 0 Å². The van der Waals surface area contributed by atoms with E-state index in [1.54, 1.807) is 0 Å². The van der Waals surface area contributed by atoms with E-state index in [2.05, 4.69) is 48.1 Å². The highest BCUT2D eigenvalue weighted by atomic mass is 14.8. The second-order valence-electron chi connectivity index (χ2n) is 5.18. The Hall–Kier alpha value is -2.22. The van der Waals surface area contributed by atoms with Crippen molar-refractivity contribution in [3.63, 3.8) is 0 Å². The van der Waals surface area contributed by atoms with Gasteiger partial charge in [-0.2, -0.15) is 0 Å². The largest absolute Gasteiger partial charge is 0.252 e. The fourth-order valence-electron chi connectivity index (χ4n) is 2.57. The van der Waals surface area contributed by atoms with Crippen LogP contribution in [-0.2, 0) is 0 Å². The summed E-state index contributed by atoms with van der Waals surface area (Å²) >= 11 is 0. The quantitative estimate of drug-likeness (QED) is 0.792. The lowest BCUT2D eigenvalue weighted by Gasteiger charge is -2.12. The molecule has 20 heavy (non-hydrogen) atoms. The fourth-order valence-corrected chi connectivity index (χ4v) is 2.57. The summed E-state index contributed by atoms with van der Waals surface area (Å²) in [4.78, 5) is 9.19. The van der Waals surface area contributed by atoms with E-state index in [9.17, 15) is 0 Å². The van der Waals surface area contributed by atoms with Crippen LogP contribution in [-0.4, -0.2) is 9.97 Å². The van der Waals surface area contributed by atoms with Crippen molar-refractivity contribution >= 4 is 5.57 Å². The maximum absolute atomic E-state index is 4.60. The molecule has 0 aliphatic heterocycles. The van der Waals surface area contributed by atoms with Crippen LogP contribution < -0.4 is 0 Å². The standard InChI is InChI=1S/C18H18N2/c1-13-7-3-5-9-15(13)17-11-20-18(12-19-17)16-10-6-4-8-14(16)2/h3,5,7-12H,4,6H2,1-2H3. The molecule has 1 aromatic carbocycles. The van der Waals surface area contributed by atoms with Crippen molar-refractivity contribution in [1.82, 2.24) is 9.97 Å². The topological polar surface area (TPSA) is 25.8 Å². The molecule has 2 aromatic rings. The first kappa shape index (κ1) is 12.8. The van der Waals surface area contributed by atoms with Crippen molar-refractivity contribution in [1.29, 1.82) is 0 Å². The smallest absolute Gasteiger partial charge is 0.0888 e. The van der Waals surface area contributed by atoms with Gasteiger partial charge in [-0.05, 0) is 37.8 Å². The minimum Gasteiger partial charge on any atom is -0.252 e. The van der Waals surface area contributed by atoms with Crippen molar-refractivity contribution in [3.8, 4) is 11.3 Å². The third-order valence-electron chi connectivity index (χ3n) is 3.74. The molecule has 1 heterocycles. The van der Waals surface area contributed by atoms with Crippen LogP contribution in [0.3, 0.4) is 0 Å². The molecule has 0 saturated heterocycles. The highest BCUT2D eigenvalue weighted by Crippen LogP contribution is 2.27. The maximum atomic E-state index is 4.60. The number of aryl methyl sites for hydroxylation is 1. The Morgan fingerprint density at radius 3 is 2.25 bits per heavy atom. The summed E-state index contributed by atoms with van der Waals surface area (Å²) < 4.78 is 0. The Labute approximate surface area is 119 Å². The molecule has 1 aromatic heterocycles. The van der Waals surface area contributed by atoms with E-state index >= 15 is 0 Å². The normalized spacial score (nSPS) is 14.7.